The highest BCUT2D eigenvalue weighted by molar-refractivity contribution is 5.70. The van der Waals surface area contributed by atoms with E-state index in [1.165, 1.54) is 0 Å². The molecular formula is C21H28N4O5. The van der Waals surface area contributed by atoms with E-state index in [9.17, 15) is 10.1 Å². The molecule has 30 heavy (non-hydrogen) atoms. The Bertz CT molecular complexity index is 863. The fourth-order valence-corrected chi connectivity index (χ4v) is 3.98. The van der Waals surface area contributed by atoms with Gasteiger partial charge in [-0.05, 0) is 38.5 Å². The highest BCUT2D eigenvalue weighted by atomic mass is 16.5. The molecule has 4 atom stereocenters. The number of carbonyl (C=O) groups is 1. The standard InChI is InChI=1S/C21H28N4O5/c1-5-28-17(26)9-14-19-18(13(10-22)20(23)30-21(19)25-24-14)12-6-7-15(29-11(2)3)16(8-12)27-4/h6-8,11,14,18-19,21,24-25H,5,9,23H2,1-4H3. The molecule has 4 unspecified atom stereocenters. The van der Waals surface area contributed by atoms with Crippen LogP contribution in [0.25, 0.3) is 0 Å². The summed E-state index contributed by atoms with van der Waals surface area (Å²) in [6.07, 6.45) is -0.379. The van der Waals surface area contributed by atoms with Gasteiger partial charge in [0.15, 0.2) is 17.7 Å². The summed E-state index contributed by atoms with van der Waals surface area (Å²) in [6.45, 7) is 5.93. The maximum absolute atomic E-state index is 12.1. The molecule has 1 saturated heterocycles. The van der Waals surface area contributed by atoms with Crippen LogP contribution in [0.15, 0.2) is 29.7 Å². The van der Waals surface area contributed by atoms with E-state index in [4.69, 9.17) is 24.7 Å². The highest BCUT2D eigenvalue weighted by Crippen LogP contribution is 2.45. The molecule has 4 N–H and O–H groups in total. The summed E-state index contributed by atoms with van der Waals surface area (Å²) >= 11 is 0. The molecule has 0 bridgehead atoms. The van der Waals surface area contributed by atoms with Gasteiger partial charge in [-0.15, -0.1) is 0 Å². The molecular weight excluding hydrogens is 388 g/mol. The molecule has 3 rings (SSSR count). The number of nitrogens with one attached hydrogen (secondary N) is 2. The molecule has 162 valence electrons. The summed E-state index contributed by atoms with van der Waals surface area (Å²) in [5.41, 5.74) is 13.3. The van der Waals surface area contributed by atoms with Crippen molar-refractivity contribution in [2.45, 2.75) is 51.5 Å². The molecule has 0 aromatic heterocycles. The van der Waals surface area contributed by atoms with Crippen molar-refractivity contribution in [1.82, 2.24) is 10.9 Å². The number of ether oxygens (including phenoxy) is 4. The monoisotopic (exact) mass is 416 g/mol. The molecule has 1 fully saturated rings. The second-order valence-corrected chi connectivity index (χ2v) is 7.46. The van der Waals surface area contributed by atoms with Gasteiger partial charge in [-0.3, -0.25) is 10.2 Å². The van der Waals surface area contributed by atoms with Crippen molar-refractivity contribution >= 4 is 5.97 Å². The first-order chi connectivity index (χ1) is 14.4. The maximum atomic E-state index is 12.1. The number of hydrazine groups is 1. The minimum Gasteiger partial charge on any atom is -0.493 e. The Hall–Kier alpha value is -2.96. The van der Waals surface area contributed by atoms with Crippen molar-refractivity contribution in [3.63, 3.8) is 0 Å². The van der Waals surface area contributed by atoms with E-state index in [0.29, 0.717) is 23.7 Å². The first-order valence-corrected chi connectivity index (χ1v) is 9.97. The summed E-state index contributed by atoms with van der Waals surface area (Å²) in [6, 6.07) is 7.42. The largest absolute Gasteiger partial charge is 0.493 e. The molecule has 2 heterocycles. The number of benzene rings is 1. The van der Waals surface area contributed by atoms with Crippen LogP contribution in [0, 0.1) is 17.2 Å². The van der Waals surface area contributed by atoms with Crippen LogP contribution in [0.5, 0.6) is 11.5 Å². The third-order valence-corrected chi connectivity index (χ3v) is 5.16. The Morgan fingerprint density at radius 1 is 1.33 bits per heavy atom. The van der Waals surface area contributed by atoms with Crippen molar-refractivity contribution in [1.29, 1.82) is 5.26 Å². The molecule has 0 saturated carbocycles. The number of nitrogens with zero attached hydrogens (tertiary/aromatic N) is 1. The van der Waals surface area contributed by atoms with E-state index >= 15 is 0 Å². The Balaban J connectivity index is 2.01. The van der Waals surface area contributed by atoms with Crippen molar-refractivity contribution in [2.75, 3.05) is 13.7 Å². The molecule has 1 aromatic rings. The lowest BCUT2D eigenvalue weighted by Crippen LogP contribution is -2.41. The Kier molecular flexibility index (Phi) is 6.70. The van der Waals surface area contributed by atoms with Gasteiger partial charge in [0.2, 0.25) is 5.88 Å². The zero-order valence-electron chi connectivity index (χ0n) is 17.6. The van der Waals surface area contributed by atoms with Crippen LogP contribution >= 0.6 is 0 Å². The number of methoxy groups -OCH3 is 1. The van der Waals surface area contributed by atoms with Gasteiger partial charge in [0, 0.05) is 17.9 Å². The Morgan fingerprint density at radius 2 is 2.10 bits per heavy atom. The van der Waals surface area contributed by atoms with Crippen LogP contribution in [0.3, 0.4) is 0 Å². The zero-order chi connectivity index (χ0) is 21.8. The topological polar surface area (TPSA) is 128 Å². The average Bonchev–Trinajstić information content (AvgIpc) is 3.08. The Morgan fingerprint density at radius 3 is 2.73 bits per heavy atom. The lowest BCUT2D eigenvalue weighted by atomic mass is 9.75. The van der Waals surface area contributed by atoms with Crippen LogP contribution < -0.4 is 26.1 Å². The third kappa shape index (κ3) is 4.30. The number of carbonyl (C=O) groups excluding carboxylic acids is 1. The van der Waals surface area contributed by atoms with E-state index in [2.05, 4.69) is 16.9 Å². The smallest absolute Gasteiger partial charge is 0.307 e. The van der Waals surface area contributed by atoms with Crippen molar-refractivity contribution < 1.29 is 23.7 Å². The van der Waals surface area contributed by atoms with Gasteiger partial charge in [-0.25, -0.2) is 5.43 Å². The van der Waals surface area contributed by atoms with Gasteiger partial charge in [0.25, 0.3) is 0 Å². The lowest BCUT2D eigenvalue weighted by Gasteiger charge is -2.35. The molecule has 9 nitrogen and oxygen atoms in total. The summed E-state index contributed by atoms with van der Waals surface area (Å²) < 4.78 is 22.1. The van der Waals surface area contributed by atoms with Crippen LogP contribution in [-0.2, 0) is 14.3 Å². The summed E-state index contributed by atoms with van der Waals surface area (Å²) in [5.74, 6) is 0.240. The molecule has 1 aromatic carbocycles. The number of hydrogen-bond donors (Lipinski definition) is 3. The minimum atomic E-state index is -0.496. The van der Waals surface area contributed by atoms with E-state index < -0.39 is 12.1 Å². The fourth-order valence-electron chi connectivity index (χ4n) is 3.98. The lowest BCUT2D eigenvalue weighted by molar-refractivity contribution is -0.144. The second kappa shape index (κ2) is 9.24. The second-order valence-electron chi connectivity index (χ2n) is 7.46. The predicted octanol–water partition coefficient (Wildman–Crippen LogP) is 1.66. The van der Waals surface area contributed by atoms with Crippen LogP contribution in [-0.4, -0.2) is 38.1 Å². The molecule has 0 amide bonds. The summed E-state index contributed by atoms with van der Waals surface area (Å²) in [5, 5.41) is 9.81. The number of nitriles is 1. The molecule has 2 aliphatic heterocycles. The Labute approximate surface area is 176 Å². The number of nitrogens with two attached hydrogens (primary N) is 1. The fraction of sp³-hybridized carbons (Fsp3) is 0.524. The van der Waals surface area contributed by atoms with E-state index in [1.54, 1.807) is 14.0 Å². The highest BCUT2D eigenvalue weighted by Gasteiger charge is 2.49. The quantitative estimate of drug-likeness (QED) is 0.569. The molecule has 9 heteroatoms. The number of fused-ring (bicyclic) bond motifs is 1. The molecule has 0 spiro atoms. The predicted molar refractivity (Wildman–Crippen MR) is 108 cm³/mol. The van der Waals surface area contributed by atoms with Gasteiger partial charge >= 0.3 is 5.97 Å². The van der Waals surface area contributed by atoms with Crippen LogP contribution in [0.2, 0.25) is 0 Å². The van der Waals surface area contributed by atoms with E-state index in [1.807, 2.05) is 32.0 Å². The first-order valence-electron chi connectivity index (χ1n) is 9.97. The van der Waals surface area contributed by atoms with Gasteiger partial charge in [0.1, 0.15) is 6.07 Å². The minimum absolute atomic E-state index is 0.0142. The molecule has 0 radical (unpaired) electrons. The molecule has 2 aliphatic rings. The third-order valence-electron chi connectivity index (χ3n) is 5.16. The van der Waals surface area contributed by atoms with E-state index in [0.717, 1.165) is 5.56 Å². The van der Waals surface area contributed by atoms with E-state index in [-0.39, 0.29) is 36.3 Å². The summed E-state index contributed by atoms with van der Waals surface area (Å²) in [7, 11) is 1.57. The first kappa shape index (κ1) is 21.7. The molecule has 0 aliphatic carbocycles. The summed E-state index contributed by atoms with van der Waals surface area (Å²) in [4.78, 5) is 12.1. The number of esters is 1. The van der Waals surface area contributed by atoms with Crippen molar-refractivity contribution in [3.8, 4) is 17.6 Å². The number of rotatable bonds is 7. The number of hydrogen-bond acceptors (Lipinski definition) is 9. The average molecular weight is 416 g/mol. The van der Waals surface area contributed by atoms with Crippen molar-refractivity contribution in [2.24, 2.45) is 11.7 Å². The van der Waals surface area contributed by atoms with Gasteiger partial charge in [-0.2, -0.15) is 5.26 Å². The van der Waals surface area contributed by atoms with Crippen LogP contribution in [0.4, 0.5) is 0 Å². The normalized spacial score (nSPS) is 25.3. The van der Waals surface area contributed by atoms with Gasteiger partial charge in [0.05, 0.1) is 31.8 Å². The zero-order valence-corrected chi connectivity index (χ0v) is 17.6. The number of allylic oxidation sites excluding steroid dienone is 1. The van der Waals surface area contributed by atoms with Crippen LogP contribution in [0.1, 0.15) is 38.7 Å². The van der Waals surface area contributed by atoms with Crippen molar-refractivity contribution in [3.05, 3.63) is 35.2 Å². The SMILES string of the molecule is CCOC(=O)CC1NNC2OC(N)=C(C#N)C(c3ccc(OC(C)C)c(OC)c3)C12. The van der Waals surface area contributed by atoms with Gasteiger partial charge < -0.3 is 24.7 Å². The van der Waals surface area contributed by atoms with Gasteiger partial charge in [-0.1, -0.05) is 6.07 Å². The maximum Gasteiger partial charge on any atom is 0.307 e.